The zero-order valence-electron chi connectivity index (χ0n) is 13.0. The van der Waals surface area contributed by atoms with Crippen LogP contribution in [0.1, 0.15) is 10.4 Å². The maximum Gasteiger partial charge on any atom is 0.337 e. The van der Waals surface area contributed by atoms with Crippen LogP contribution < -0.4 is 15.4 Å². The average Bonchev–Trinajstić information content (AvgIpc) is 2.60. The summed E-state index contributed by atoms with van der Waals surface area (Å²) in [6, 6.07) is 11.5. The summed E-state index contributed by atoms with van der Waals surface area (Å²) in [4.78, 5) is 23.0. The minimum Gasteiger partial charge on any atom is -0.492 e. The lowest BCUT2D eigenvalue weighted by molar-refractivity contribution is 0.0600. The largest absolute Gasteiger partial charge is 0.492 e. The number of esters is 1. The van der Waals surface area contributed by atoms with E-state index in [1.54, 1.807) is 24.3 Å². The fourth-order valence-corrected chi connectivity index (χ4v) is 1.85. The number of ether oxygens (including phenoxy) is 2. The number of carbonyl (C=O) groups is 2. The standard InChI is InChI=1S/C17H17FN2O4/c1-23-16(21)12-2-6-14(7-3-12)20-17(22)19-10-11-24-15-8-4-13(18)5-9-15/h2-9H,10-11H2,1H3,(H2,19,20,22). The molecule has 0 aliphatic carbocycles. The molecule has 7 heteroatoms. The van der Waals surface area contributed by atoms with Crippen molar-refractivity contribution in [3.63, 3.8) is 0 Å². The van der Waals surface area contributed by atoms with Gasteiger partial charge in [-0.1, -0.05) is 0 Å². The Morgan fingerprint density at radius 2 is 1.71 bits per heavy atom. The van der Waals surface area contributed by atoms with Gasteiger partial charge in [-0.3, -0.25) is 0 Å². The van der Waals surface area contributed by atoms with E-state index in [1.807, 2.05) is 0 Å². The van der Waals surface area contributed by atoms with E-state index in [0.717, 1.165) is 0 Å². The maximum atomic E-state index is 12.7. The lowest BCUT2D eigenvalue weighted by Crippen LogP contribution is -2.32. The lowest BCUT2D eigenvalue weighted by atomic mass is 10.2. The summed E-state index contributed by atoms with van der Waals surface area (Å²) in [5.41, 5.74) is 0.941. The molecule has 2 amide bonds. The Hall–Kier alpha value is -3.09. The van der Waals surface area contributed by atoms with Crippen molar-refractivity contribution < 1.29 is 23.5 Å². The second kappa shape index (κ2) is 8.52. The van der Waals surface area contributed by atoms with Gasteiger partial charge in [0.05, 0.1) is 19.2 Å². The van der Waals surface area contributed by atoms with Crippen LogP contribution in [-0.4, -0.2) is 32.3 Å². The Labute approximate surface area is 138 Å². The summed E-state index contributed by atoms with van der Waals surface area (Å²) in [6.45, 7) is 0.532. The molecule has 2 N–H and O–H groups in total. The average molecular weight is 332 g/mol. The Morgan fingerprint density at radius 3 is 2.33 bits per heavy atom. The molecule has 0 heterocycles. The molecule has 0 fully saturated rings. The maximum absolute atomic E-state index is 12.7. The minimum absolute atomic E-state index is 0.250. The van der Waals surface area contributed by atoms with Crippen molar-refractivity contribution in [1.82, 2.24) is 5.32 Å². The molecule has 126 valence electrons. The molecule has 0 saturated carbocycles. The fraction of sp³-hybridized carbons (Fsp3) is 0.176. The molecular weight excluding hydrogens is 315 g/mol. The Kier molecular flexibility index (Phi) is 6.13. The number of anilines is 1. The van der Waals surface area contributed by atoms with Gasteiger partial charge in [0.1, 0.15) is 18.2 Å². The van der Waals surface area contributed by atoms with E-state index in [0.29, 0.717) is 17.0 Å². The van der Waals surface area contributed by atoms with E-state index in [2.05, 4.69) is 15.4 Å². The molecule has 0 radical (unpaired) electrons. The first-order valence-corrected chi connectivity index (χ1v) is 7.20. The first-order chi connectivity index (χ1) is 11.6. The van der Waals surface area contributed by atoms with Crippen molar-refractivity contribution >= 4 is 17.7 Å². The van der Waals surface area contributed by atoms with E-state index in [4.69, 9.17) is 4.74 Å². The van der Waals surface area contributed by atoms with Gasteiger partial charge in [0, 0.05) is 5.69 Å². The van der Waals surface area contributed by atoms with Crippen LogP contribution in [0, 0.1) is 5.82 Å². The Balaban J connectivity index is 1.71. The van der Waals surface area contributed by atoms with Crippen LogP contribution >= 0.6 is 0 Å². The van der Waals surface area contributed by atoms with Crippen LogP contribution in [0.5, 0.6) is 5.75 Å². The molecule has 2 aromatic carbocycles. The summed E-state index contributed by atoms with van der Waals surface area (Å²) >= 11 is 0. The van der Waals surface area contributed by atoms with E-state index >= 15 is 0 Å². The Bertz CT molecular complexity index is 687. The molecule has 0 aliphatic rings. The molecule has 24 heavy (non-hydrogen) atoms. The number of nitrogens with one attached hydrogen (secondary N) is 2. The molecule has 2 aromatic rings. The van der Waals surface area contributed by atoms with Gasteiger partial charge in [-0.25, -0.2) is 14.0 Å². The van der Waals surface area contributed by atoms with Crippen LogP contribution in [0.4, 0.5) is 14.9 Å². The van der Waals surface area contributed by atoms with E-state index in [1.165, 1.54) is 31.4 Å². The molecule has 0 bridgehead atoms. The van der Waals surface area contributed by atoms with Gasteiger partial charge in [-0.05, 0) is 48.5 Å². The van der Waals surface area contributed by atoms with Gasteiger partial charge >= 0.3 is 12.0 Å². The van der Waals surface area contributed by atoms with Crippen LogP contribution in [-0.2, 0) is 4.74 Å². The van der Waals surface area contributed by atoms with Crippen molar-refractivity contribution in [1.29, 1.82) is 0 Å². The predicted octanol–water partition coefficient (Wildman–Crippen LogP) is 2.81. The number of rotatable bonds is 6. The lowest BCUT2D eigenvalue weighted by Gasteiger charge is -2.09. The van der Waals surface area contributed by atoms with Crippen molar-refractivity contribution in [2.24, 2.45) is 0 Å². The number of hydrogen-bond donors (Lipinski definition) is 2. The molecular formula is C17H17FN2O4. The Morgan fingerprint density at radius 1 is 1.04 bits per heavy atom. The quantitative estimate of drug-likeness (QED) is 0.630. The molecule has 0 saturated heterocycles. The van der Waals surface area contributed by atoms with Crippen LogP contribution in [0.25, 0.3) is 0 Å². The van der Waals surface area contributed by atoms with Crippen molar-refractivity contribution in [3.8, 4) is 5.75 Å². The SMILES string of the molecule is COC(=O)c1ccc(NC(=O)NCCOc2ccc(F)cc2)cc1. The van der Waals surface area contributed by atoms with Gasteiger partial charge < -0.3 is 20.1 Å². The van der Waals surface area contributed by atoms with E-state index < -0.39 is 12.0 Å². The smallest absolute Gasteiger partial charge is 0.337 e. The third-order valence-corrected chi connectivity index (χ3v) is 3.03. The van der Waals surface area contributed by atoms with Gasteiger partial charge in [-0.15, -0.1) is 0 Å². The van der Waals surface area contributed by atoms with Gasteiger partial charge in [-0.2, -0.15) is 0 Å². The molecule has 6 nitrogen and oxygen atoms in total. The molecule has 0 aliphatic heterocycles. The highest BCUT2D eigenvalue weighted by atomic mass is 19.1. The van der Waals surface area contributed by atoms with Crippen LogP contribution in [0.3, 0.4) is 0 Å². The zero-order chi connectivity index (χ0) is 17.4. The summed E-state index contributed by atoms with van der Waals surface area (Å²) in [7, 11) is 1.30. The minimum atomic E-state index is -0.441. The highest BCUT2D eigenvalue weighted by molar-refractivity contribution is 5.92. The van der Waals surface area contributed by atoms with E-state index in [9.17, 15) is 14.0 Å². The highest BCUT2D eigenvalue weighted by Crippen LogP contribution is 2.11. The number of hydrogen-bond acceptors (Lipinski definition) is 4. The summed E-state index contributed by atoms with van der Waals surface area (Å²) in [5.74, 6) is -0.251. The molecule has 0 atom stereocenters. The zero-order valence-corrected chi connectivity index (χ0v) is 13.0. The predicted molar refractivity (Wildman–Crippen MR) is 86.7 cm³/mol. The van der Waals surface area contributed by atoms with Gasteiger partial charge in [0.2, 0.25) is 0 Å². The second-order valence-electron chi connectivity index (χ2n) is 4.75. The number of carbonyl (C=O) groups excluding carboxylic acids is 2. The molecule has 0 aromatic heterocycles. The summed E-state index contributed by atoms with van der Waals surface area (Å²) in [6.07, 6.45) is 0. The second-order valence-corrected chi connectivity index (χ2v) is 4.75. The number of amides is 2. The van der Waals surface area contributed by atoms with Gasteiger partial charge in [0.25, 0.3) is 0 Å². The van der Waals surface area contributed by atoms with Crippen molar-refractivity contribution in [3.05, 3.63) is 59.9 Å². The monoisotopic (exact) mass is 332 g/mol. The first kappa shape index (κ1) is 17.3. The summed E-state index contributed by atoms with van der Waals surface area (Å²) in [5, 5.41) is 5.25. The molecule has 0 unspecified atom stereocenters. The number of benzene rings is 2. The molecule has 2 rings (SSSR count). The van der Waals surface area contributed by atoms with Crippen molar-refractivity contribution in [2.75, 3.05) is 25.6 Å². The van der Waals surface area contributed by atoms with Crippen molar-refractivity contribution in [2.45, 2.75) is 0 Å². The number of halogens is 1. The first-order valence-electron chi connectivity index (χ1n) is 7.20. The molecule has 0 spiro atoms. The fourth-order valence-electron chi connectivity index (χ4n) is 1.85. The third kappa shape index (κ3) is 5.28. The number of urea groups is 1. The van der Waals surface area contributed by atoms with Gasteiger partial charge in [0.15, 0.2) is 0 Å². The third-order valence-electron chi connectivity index (χ3n) is 3.03. The van der Waals surface area contributed by atoms with Crippen LogP contribution in [0.15, 0.2) is 48.5 Å². The normalized spacial score (nSPS) is 9.92. The van der Waals surface area contributed by atoms with E-state index in [-0.39, 0.29) is 19.0 Å². The summed E-state index contributed by atoms with van der Waals surface area (Å²) < 4.78 is 22.7. The topological polar surface area (TPSA) is 76.7 Å². The van der Waals surface area contributed by atoms with Crippen LogP contribution in [0.2, 0.25) is 0 Å². The number of methoxy groups -OCH3 is 1. The highest BCUT2D eigenvalue weighted by Gasteiger charge is 2.06.